The molecule has 1 aromatic rings. The summed E-state index contributed by atoms with van der Waals surface area (Å²) in [6.07, 6.45) is 1.05. The molecule has 0 radical (unpaired) electrons. The molecule has 0 unspecified atom stereocenters. The van der Waals surface area contributed by atoms with Gasteiger partial charge in [0, 0.05) is 17.8 Å². The zero-order valence-electron chi connectivity index (χ0n) is 7.88. The number of aromatic nitrogens is 2. The monoisotopic (exact) mass is 252 g/mol. The second-order valence-corrected chi connectivity index (χ2v) is 5.64. The number of fused-ring (bicyclic) bond motifs is 1. The van der Waals surface area contributed by atoms with Crippen molar-refractivity contribution in [3.05, 3.63) is 6.20 Å². The molecule has 0 amide bonds. The van der Waals surface area contributed by atoms with Gasteiger partial charge in [-0.3, -0.25) is 0 Å². The van der Waals surface area contributed by atoms with Crippen molar-refractivity contribution in [3.63, 3.8) is 0 Å². The Morgan fingerprint density at radius 3 is 3.07 bits per heavy atom. The molecule has 15 heavy (non-hydrogen) atoms. The van der Waals surface area contributed by atoms with Crippen LogP contribution in [0.25, 0.3) is 0 Å². The van der Waals surface area contributed by atoms with Gasteiger partial charge in [0.1, 0.15) is 12.7 Å². The topological polar surface area (TPSA) is 70.4 Å². The molecule has 84 valence electrons. The average Bonchev–Trinajstić information content (AvgIpc) is 2.59. The summed E-state index contributed by atoms with van der Waals surface area (Å²) in [7, 11) is 2.97. The number of hydrogen-bond acceptors (Lipinski definition) is 5. The molecule has 0 aromatic carbocycles. The Morgan fingerprint density at radius 1 is 1.73 bits per heavy atom. The van der Waals surface area contributed by atoms with Crippen LogP contribution in [0.2, 0.25) is 0 Å². The van der Waals surface area contributed by atoms with Gasteiger partial charge < -0.3 is 9.47 Å². The third kappa shape index (κ3) is 1.95. The van der Waals surface area contributed by atoms with Gasteiger partial charge >= 0.3 is 0 Å². The first-order valence-corrected chi connectivity index (χ1v) is 6.49. The fraction of sp³-hybridized carbons (Fsp3) is 0.571. The van der Waals surface area contributed by atoms with Crippen LogP contribution in [0.3, 0.4) is 0 Å². The molecule has 0 N–H and O–H groups in total. The van der Waals surface area contributed by atoms with Crippen molar-refractivity contribution >= 4 is 19.7 Å². The number of hydrogen-bond donors (Lipinski definition) is 0. The molecule has 1 aliphatic rings. The second kappa shape index (κ2) is 3.66. The van der Waals surface area contributed by atoms with Crippen molar-refractivity contribution in [1.29, 1.82) is 0 Å². The highest BCUT2D eigenvalue weighted by Gasteiger charge is 2.28. The van der Waals surface area contributed by atoms with E-state index in [-0.39, 0.29) is 16.9 Å². The first-order chi connectivity index (χ1) is 7.02. The van der Waals surface area contributed by atoms with Crippen molar-refractivity contribution in [1.82, 2.24) is 9.78 Å². The fourth-order valence-electron chi connectivity index (χ4n) is 1.36. The van der Waals surface area contributed by atoms with Crippen LogP contribution < -0.4 is 4.74 Å². The average molecular weight is 253 g/mol. The van der Waals surface area contributed by atoms with Crippen LogP contribution in [-0.2, 0) is 20.3 Å². The smallest absolute Gasteiger partial charge is 0.268 e. The van der Waals surface area contributed by atoms with Gasteiger partial charge in [-0.25, -0.2) is 13.1 Å². The van der Waals surface area contributed by atoms with Crippen molar-refractivity contribution in [3.8, 4) is 5.88 Å². The third-order valence-corrected chi connectivity index (χ3v) is 3.44. The van der Waals surface area contributed by atoms with E-state index in [0.29, 0.717) is 13.2 Å². The molecule has 0 bridgehead atoms. The Bertz CT molecular complexity index is 469. The predicted octanol–water partition coefficient (Wildman–Crippen LogP) is 0.218. The number of ether oxygens (including phenoxy) is 2. The third-order valence-electron chi connectivity index (χ3n) is 2.14. The lowest BCUT2D eigenvalue weighted by Crippen LogP contribution is -2.32. The van der Waals surface area contributed by atoms with E-state index in [1.165, 1.54) is 10.9 Å². The largest absolute Gasteiger partial charge is 0.474 e. The highest BCUT2D eigenvalue weighted by molar-refractivity contribution is 8.13. The molecule has 0 fully saturated rings. The Kier molecular flexibility index (Phi) is 2.61. The normalized spacial score (nSPS) is 20.8. The van der Waals surface area contributed by atoms with Gasteiger partial charge in [-0.2, -0.15) is 5.10 Å². The van der Waals surface area contributed by atoms with Gasteiger partial charge in [-0.05, 0) is 0 Å². The van der Waals surface area contributed by atoms with Gasteiger partial charge in [0.05, 0.1) is 12.7 Å². The molecule has 8 heteroatoms. The number of nitrogens with zero attached hydrogens (tertiary/aromatic N) is 2. The molecule has 0 aliphatic carbocycles. The van der Waals surface area contributed by atoms with Crippen LogP contribution in [0.4, 0.5) is 0 Å². The van der Waals surface area contributed by atoms with E-state index in [1.807, 2.05) is 0 Å². The SMILES string of the molecule is CO[C@@H]1COc2c(S(=O)(=O)Cl)cnn2C1. The molecule has 1 atom stereocenters. The van der Waals surface area contributed by atoms with Crippen LogP contribution in [-0.4, -0.2) is 38.0 Å². The molecule has 1 aromatic heterocycles. The van der Waals surface area contributed by atoms with Gasteiger partial charge in [0.25, 0.3) is 9.05 Å². The maximum Gasteiger partial charge on any atom is 0.268 e. The zero-order valence-corrected chi connectivity index (χ0v) is 9.45. The molecule has 0 saturated carbocycles. The maximum atomic E-state index is 11.1. The van der Waals surface area contributed by atoms with Crippen LogP contribution in [0, 0.1) is 0 Å². The quantitative estimate of drug-likeness (QED) is 0.704. The van der Waals surface area contributed by atoms with Crippen LogP contribution >= 0.6 is 10.7 Å². The Morgan fingerprint density at radius 2 is 2.47 bits per heavy atom. The van der Waals surface area contributed by atoms with Crippen LogP contribution in [0.5, 0.6) is 5.88 Å². The van der Waals surface area contributed by atoms with Gasteiger partial charge in [-0.1, -0.05) is 0 Å². The lowest BCUT2D eigenvalue weighted by Gasteiger charge is -2.22. The first-order valence-electron chi connectivity index (χ1n) is 4.18. The molecule has 2 heterocycles. The standard InChI is InChI=1S/C7H9ClN2O4S/c1-13-5-3-10-7(14-4-5)6(2-9-10)15(8,11)12/h2,5H,3-4H2,1H3/t5-/m0/s1. The summed E-state index contributed by atoms with van der Waals surface area (Å²) in [5.41, 5.74) is 0. The summed E-state index contributed by atoms with van der Waals surface area (Å²) >= 11 is 0. The summed E-state index contributed by atoms with van der Waals surface area (Å²) < 4.78 is 34.0. The van der Waals surface area contributed by atoms with Crippen LogP contribution in [0.15, 0.2) is 11.1 Å². The molecular formula is C7H9ClN2O4S. The summed E-state index contributed by atoms with van der Waals surface area (Å²) in [6.45, 7) is 0.750. The van der Waals surface area contributed by atoms with Crippen molar-refractivity contribution < 1.29 is 17.9 Å². The zero-order chi connectivity index (χ0) is 11.1. The van der Waals surface area contributed by atoms with E-state index in [0.717, 1.165) is 0 Å². The predicted molar refractivity (Wildman–Crippen MR) is 51.6 cm³/mol. The summed E-state index contributed by atoms with van der Waals surface area (Å²) in [5, 5.41) is 3.87. The highest BCUT2D eigenvalue weighted by atomic mass is 35.7. The van der Waals surface area contributed by atoms with Gasteiger partial charge in [0.2, 0.25) is 5.88 Å². The molecular weight excluding hydrogens is 244 g/mol. The van der Waals surface area contributed by atoms with Gasteiger partial charge in [0.15, 0.2) is 4.90 Å². The van der Waals surface area contributed by atoms with E-state index in [4.69, 9.17) is 20.2 Å². The van der Waals surface area contributed by atoms with Crippen LogP contribution in [0.1, 0.15) is 0 Å². The summed E-state index contributed by atoms with van der Waals surface area (Å²) in [5.74, 6) is 0.179. The van der Waals surface area contributed by atoms with E-state index in [2.05, 4.69) is 5.10 Å². The van der Waals surface area contributed by atoms with Crippen molar-refractivity contribution in [2.45, 2.75) is 17.5 Å². The first kappa shape index (κ1) is 10.7. The number of methoxy groups -OCH3 is 1. The molecule has 1 aliphatic heterocycles. The minimum Gasteiger partial charge on any atom is -0.474 e. The minimum absolute atomic E-state index is 0.0984. The summed E-state index contributed by atoms with van der Waals surface area (Å²) in [4.78, 5) is -0.0984. The fourth-order valence-corrected chi connectivity index (χ4v) is 2.22. The van der Waals surface area contributed by atoms with E-state index in [1.54, 1.807) is 7.11 Å². The van der Waals surface area contributed by atoms with Crippen molar-refractivity contribution in [2.24, 2.45) is 0 Å². The van der Waals surface area contributed by atoms with Crippen molar-refractivity contribution in [2.75, 3.05) is 13.7 Å². The maximum absolute atomic E-state index is 11.1. The molecule has 2 rings (SSSR count). The molecule has 0 saturated heterocycles. The highest BCUT2D eigenvalue weighted by Crippen LogP contribution is 2.29. The summed E-state index contributed by atoms with van der Waals surface area (Å²) in [6, 6.07) is 0. The van der Waals surface area contributed by atoms with E-state index >= 15 is 0 Å². The second-order valence-electron chi connectivity index (χ2n) is 3.10. The lowest BCUT2D eigenvalue weighted by atomic mass is 10.3. The van der Waals surface area contributed by atoms with Gasteiger partial charge in [-0.15, -0.1) is 0 Å². The molecule has 6 nitrogen and oxygen atoms in total. The lowest BCUT2D eigenvalue weighted by molar-refractivity contribution is 0.0165. The Hall–Kier alpha value is -0.790. The Balaban J connectivity index is 2.38. The van der Waals surface area contributed by atoms with E-state index in [9.17, 15) is 8.42 Å². The minimum atomic E-state index is -3.80. The van der Waals surface area contributed by atoms with E-state index < -0.39 is 9.05 Å². The number of halogens is 1. The number of rotatable bonds is 2. The molecule has 0 spiro atoms. The Labute approximate surface area is 91.2 Å².